The molecule has 0 fully saturated rings. The van der Waals surface area contributed by atoms with E-state index in [2.05, 4.69) is 5.32 Å². The monoisotopic (exact) mass is 319 g/mol. The number of hydrogen-bond donors (Lipinski definition) is 2. The van der Waals surface area contributed by atoms with Crippen LogP contribution in [0.25, 0.3) is 0 Å². The lowest BCUT2D eigenvalue weighted by Crippen LogP contribution is -2.33. The zero-order valence-electron chi connectivity index (χ0n) is 12.9. The van der Waals surface area contributed by atoms with Gasteiger partial charge in [-0.3, -0.25) is 4.79 Å². The van der Waals surface area contributed by atoms with Crippen LogP contribution in [0.5, 0.6) is 0 Å². The molecule has 0 aromatic heterocycles. The molecule has 1 atom stereocenters. The van der Waals surface area contributed by atoms with Crippen LogP contribution in [0, 0.1) is 11.6 Å². The number of nitrogens with one attached hydrogen (secondary N) is 1. The Balaban J connectivity index is 1.87. The maximum Gasteiger partial charge on any atom is 0.223 e. The molecule has 0 saturated heterocycles. The van der Waals surface area contributed by atoms with Crippen molar-refractivity contribution in [3.05, 3.63) is 71.3 Å². The molecule has 2 aromatic carbocycles. The highest BCUT2D eigenvalue weighted by Gasteiger charge is 2.26. The molecule has 0 spiro atoms. The molecule has 2 N–H and O–H groups in total. The van der Waals surface area contributed by atoms with Crippen molar-refractivity contribution in [2.24, 2.45) is 0 Å². The van der Waals surface area contributed by atoms with Crippen LogP contribution in [0.3, 0.4) is 0 Å². The van der Waals surface area contributed by atoms with Crippen molar-refractivity contribution in [3.63, 3.8) is 0 Å². The van der Waals surface area contributed by atoms with Crippen LogP contribution >= 0.6 is 0 Å². The number of amides is 1. The third-order valence-electron chi connectivity index (χ3n) is 3.62. The normalized spacial score (nSPS) is 13.4. The molecule has 0 heterocycles. The van der Waals surface area contributed by atoms with Gasteiger partial charge in [-0.1, -0.05) is 30.3 Å². The summed E-state index contributed by atoms with van der Waals surface area (Å²) in [7, 11) is 0. The van der Waals surface area contributed by atoms with Gasteiger partial charge in [0.25, 0.3) is 0 Å². The molecule has 0 saturated carbocycles. The summed E-state index contributed by atoms with van der Waals surface area (Å²) in [6, 6.07) is 12.1. The highest BCUT2D eigenvalue weighted by molar-refractivity contribution is 5.77. The predicted octanol–water partition coefficient (Wildman–Crippen LogP) is 2.92. The number of aliphatic hydroxyl groups is 1. The minimum Gasteiger partial charge on any atom is -0.385 e. The number of halogens is 2. The Morgan fingerprint density at radius 1 is 1.17 bits per heavy atom. The van der Waals surface area contributed by atoms with Crippen LogP contribution in [-0.2, 0) is 16.8 Å². The van der Waals surface area contributed by atoms with Crippen molar-refractivity contribution in [1.82, 2.24) is 5.32 Å². The van der Waals surface area contributed by atoms with Crippen molar-refractivity contribution in [1.29, 1.82) is 0 Å². The van der Waals surface area contributed by atoms with Gasteiger partial charge in [-0.15, -0.1) is 0 Å². The molecule has 1 amide bonds. The van der Waals surface area contributed by atoms with E-state index < -0.39 is 17.2 Å². The number of carbonyl (C=O) groups excluding carboxylic acids is 1. The van der Waals surface area contributed by atoms with Gasteiger partial charge in [0.05, 0.1) is 12.0 Å². The summed E-state index contributed by atoms with van der Waals surface area (Å²) >= 11 is 0. The Labute approximate surface area is 134 Å². The van der Waals surface area contributed by atoms with Gasteiger partial charge in [0, 0.05) is 6.54 Å². The quantitative estimate of drug-likeness (QED) is 0.860. The topological polar surface area (TPSA) is 49.3 Å². The van der Waals surface area contributed by atoms with Crippen LogP contribution in [0.1, 0.15) is 24.5 Å². The Bertz CT molecular complexity index is 672. The third kappa shape index (κ3) is 4.86. The lowest BCUT2D eigenvalue weighted by atomic mass is 9.92. The second kappa shape index (κ2) is 7.33. The van der Waals surface area contributed by atoms with Gasteiger partial charge in [-0.25, -0.2) is 8.78 Å². The lowest BCUT2D eigenvalue weighted by Gasteiger charge is -2.23. The van der Waals surface area contributed by atoms with Crippen molar-refractivity contribution in [2.45, 2.75) is 25.4 Å². The Morgan fingerprint density at radius 2 is 1.87 bits per heavy atom. The highest BCUT2D eigenvalue weighted by atomic mass is 19.1. The zero-order valence-corrected chi connectivity index (χ0v) is 12.9. The number of rotatable bonds is 6. The number of carbonyl (C=O) groups is 1. The highest BCUT2D eigenvalue weighted by Crippen LogP contribution is 2.23. The first-order valence-electron chi connectivity index (χ1n) is 7.37. The van der Waals surface area contributed by atoms with Crippen LogP contribution in [0.2, 0.25) is 0 Å². The van der Waals surface area contributed by atoms with E-state index in [4.69, 9.17) is 0 Å². The molecule has 0 aliphatic heterocycles. The summed E-state index contributed by atoms with van der Waals surface area (Å²) in [4.78, 5) is 11.9. The van der Waals surface area contributed by atoms with E-state index in [9.17, 15) is 18.7 Å². The summed E-state index contributed by atoms with van der Waals surface area (Å²) < 4.78 is 26.5. The van der Waals surface area contributed by atoms with Gasteiger partial charge in [0.15, 0.2) is 0 Å². The number of benzene rings is 2. The van der Waals surface area contributed by atoms with Gasteiger partial charge >= 0.3 is 0 Å². The molecule has 0 radical (unpaired) electrons. The van der Waals surface area contributed by atoms with Crippen LogP contribution < -0.4 is 5.32 Å². The second-order valence-electron chi connectivity index (χ2n) is 5.65. The average Bonchev–Trinajstić information content (AvgIpc) is 2.51. The smallest absolute Gasteiger partial charge is 0.223 e. The minimum absolute atomic E-state index is 0.108. The summed E-state index contributed by atoms with van der Waals surface area (Å²) in [6.45, 7) is 1.73. The largest absolute Gasteiger partial charge is 0.385 e. The van der Waals surface area contributed by atoms with Gasteiger partial charge < -0.3 is 10.4 Å². The minimum atomic E-state index is -1.28. The van der Waals surface area contributed by atoms with E-state index in [1.165, 1.54) is 0 Å². The van der Waals surface area contributed by atoms with Crippen molar-refractivity contribution < 1.29 is 18.7 Å². The first-order chi connectivity index (χ1) is 10.9. The average molecular weight is 319 g/mol. The summed E-state index contributed by atoms with van der Waals surface area (Å²) in [5.74, 6) is -1.37. The molecule has 23 heavy (non-hydrogen) atoms. The first-order valence-corrected chi connectivity index (χ1v) is 7.37. The van der Waals surface area contributed by atoms with Crippen molar-refractivity contribution >= 4 is 5.91 Å². The van der Waals surface area contributed by atoms with Gasteiger partial charge in [0.1, 0.15) is 11.6 Å². The lowest BCUT2D eigenvalue weighted by molar-refractivity contribution is -0.125. The van der Waals surface area contributed by atoms with Crippen LogP contribution in [0.4, 0.5) is 8.78 Å². The zero-order chi connectivity index (χ0) is 16.9. The predicted molar refractivity (Wildman–Crippen MR) is 83.7 cm³/mol. The van der Waals surface area contributed by atoms with E-state index >= 15 is 0 Å². The molecular weight excluding hydrogens is 300 g/mol. The maximum absolute atomic E-state index is 13.5. The maximum atomic E-state index is 13.5. The fourth-order valence-electron chi connectivity index (χ4n) is 2.35. The third-order valence-corrected chi connectivity index (χ3v) is 3.62. The molecule has 0 aliphatic carbocycles. The van der Waals surface area contributed by atoms with Crippen molar-refractivity contribution in [3.8, 4) is 0 Å². The SMILES string of the molecule is CC(O)(CC(=O)NCCc1cc(F)ccc1F)c1ccccc1. The fourth-order valence-corrected chi connectivity index (χ4v) is 2.35. The molecule has 122 valence electrons. The van der Waals surface area contributed by atoms with Gasteiger partial charge in [-0.05, 0) is 42.7 Å². The van der Waals surface area contributed by atoms with Gasteiger partial charge in [0.2, 0.25) is 5.91 Å². The summed E-state index contributed by atoms with van der Waals surface area (Å²) in [5, 5.41) is 13.0. The van der Waals surface area contributed by atoms with Crippen LogP contribution in [0.15, 0.2) is 48.5 Å². The molecular formula is C18H19F2NO2. The van der Waals surface area contributed by atoms with E-state index in [1.54, 1.807) is 31.2 Å². The molecule has 0 aliphatic rings. The Hall–Kier alpha value is -2.27. The Morgan fingerprint density at radius 3 is 2.57 bits per heavy atom. The summed E-state index contributed by atoms with van der Waals surface area (Å²) in [6.07, 6.45) is 0.0749. The summed E-state index contributed by atoms with van der Waals surface area (Å²) in [5.41, 5.74) is -0.429. The first kappa shape index (κ1) is 17.1. The molecule has 2 aromatic rings. The van der Waals surface area contributed by atoms with E-state index in [-0.39, 0.29) is 30.9 Å². The standard InChI is InChI=1S/C18H19F2NO2/c1-18(23,14-5-3-2-4-6-14)12-17(22)21-10-9-13-11-15(19)7-8-16(13)20/h2-8,11,23H,9-10,12H2,1H3,(H,21,22). The molecule has 3 nitrogen and oxygen atoms in total. The van der Waals surface area contributed by atoms with Crippen molar-refractivity contribution in [2.75, 3.05) is 6.54 Å². The van der Waals surface area contributed by atoms with Crippen LogP contribution in [-0.4, -0.2) is 17.6 Å². The molecule has 0 bridgehead atoms. The Kier molecular flexibility index (Phi) is 5.45. The van der Waals surface area contributed by atoms with E-state index in [1.807, 2.05) is 6.07 Å². The van der Waals surface area contributed by atoms with Gasteiger partial charge in [-0.2, -0.15) is 0 Å². The number of hydrogen-bond acceptors (Lipinski definition) is 2. The molecule has 2 rings (SSSR count). The van der Waals surface area contributed by atoms with E-state index in [0.717, 1.165) is 18.2 Å². The molecule has 1 unspecified atom stereocenters. The van der Waals surface area contributed by atoms with E-state index in [0.29, 0.717) is 5.56 Å². The fraction of sp³-hybridized carbons (Fsp3) is 0.278. The molecule has 5 heteroatoms. The second-order valence-corrected chi connectivity index (χ2v) is 5.65.